The van der Waals surface area contributed by atoms with E-state index in [1.165, 1.54) is 0 Å². The minimum atomic E-state index is -0.178. The summed E-state index contributed by atoms with van der Waals surface area (Å²) in [5.74, 6) is 0.323. The van der Waals surface area contributed by atoms with Crippen molar-refractivity contribution in [3.05, 3.63) is 11.3 Å². The van der Waals surface area contributed by atoms with Crippen LogP contribution in [0.4, 0.5) is 0 Å². The Bertz CT molecular complexity index is 276. The molecule has 0 unspecified atom stereocenters. The fourth-order valence-corrected chi connectivity index (χ4v) is 1.39. The molecule has 0 saturated heterocycles. The number of amides is 1. The van der Waals surface area contributed by atoms with E-state index in [2.05, 4.69) is 10.2 Å². The molecule has 0 radical (unpaired) electrons. The van der Waals surface area contributed by atoms with Gasteiger partial charge in [-0.15, -0.1) is 5.11 Å². The molecule has 0 atom stereocenters. The first kappa shape index (κ1) is 7.61. The number of hydrogen-bond donors (Lipinski definition) is 1. The van der Waals surface area contributed by atoms with E-state index < -0.39 is 0 Å². The fraction of sp³-hybridized carbons (Fsp3) is 0.625. The van der Waals surface area contributed by atoms with Gasteiger partial charge in [0.1, 0.15) is 0 Å². The molecule has 1 heterocycles. The highest BCUT2D eigenvalue weighted by Gasteiger charge is 2.33. The fourth-order valence-electron chi connectivity index (χ4n) is 1.39. The molecule has 0 spiro atoms. The second-order valence-electron chi connectivity index (χ2n) is 3.18. The first-order valence-electron chi connectivity index (χ1n) is 4.22. The largest absolute Gasteiger partial charge is 0.330 e. The van der Waals surface area contributed by atoms with Crippen molar-refractivity contribution >= 4 is 5.91 Å². The van der Waals surface area contributed by atoms with Crippen LogP contribution in [-0.4, -0.2) is 12.5 Å². The Labute approximate surface area is 70.5 Å². The van der Waals surface area contributed by atoms with Crippen molar-refractivity contribution in [3.8, 4) is 0 Å². The summed E-state index contributed by atoms with van der Waals surface area (Å²) in [4.78, 5) is 11.1. The second-order valence-corrected chi connectivity index (χ2v) is 3.18. The van der Waals surface area contributed by atoms with Crippen LogP contribution in [-0.2, 0) is 4.79 Å². The Hall–Kier alpha value is -1.03. The Balaban J connectivity index is 2.21. The number of carbonyl (C=O) groups excluding carboxylic acids is 1. The second kappa shape index (κ2) is 2.79. The Kier molecular flexibility index (Phi) is 1.77. The summed E-state index contributed by atoms with van der Waals surface area (Å²) in [6.45, 7) is 0.502. The van der Waals surface area contributed by atoms with Gasteiger partial charge in [0.25, 0.3) is 5.91 Å². The molecular formula is C8H11N3O. The number of rotatable bonds is 3. The highest BCUT2D eigenvalue weighted by atomic mass is 16.2. The van der Waals surface area contributed by atoms with E-state index in [4.69, 9.17) is 5.73 Å². The number of hydrogen-bond acceptors (Lipinski definition) is 3. The Morgan fingerprint density at radius 2 is 2.17 bits per heavy atom. The standard InChI is InChI=1S/C8H11N3O/c9-4-3-6-7(5-1-2-5)10-11-8(6)12/h5H,1-4,9H2. The number of nitrogens with zero attached hydrogens (tertiary/aromatic N) is 2. The van der Waals surface area contributed by atoms with Crippen molar-refractivity contribution in [2.45, 2.75) is 19.3 Å². The topological polar surface area (TPSA) is 67.8 Å². The van der Waals surface area contributed by atoms with Crippen molar-refractivity contribution < 1.29 is 4.79 Å². The SMILES string of the molecule is NCCC1=C(C2CC2)N=NC1=O. The van der Waals surface area contributed by atoms with E-state index in [-0.39, 0.29) is 5.91 Å². The molecule has 0 aromatic rings. The molecule has 4 nitrogen and oxygen atoms in total. The predicted octanol–water partition coefficient (Wildman–Crippen LogP) is 0.992. The molecule has 12 heavy (non-hydrogen) atoms. The molecule has 4 heteroatoms. The van der Waals surface area contributed by atoms with Crippen molar-refractivity contribution in [2.75, 3.05) is 6.54 Å². The first-order chi connectivity index (χ1) is 5.83. The monoisotopic (exact) mass is 165 g/mol. The van der Waals surface area contributed by atoms with Crippen LogP contribution in [0.3, 0.4) is 0 Å². The zero-order valence-corrected chi connectivity index (χ0v) is 6.79. The van der Waals surface area contributed by atoms with E-state index in [1.807, 2.05) is 0 Å². The molecule has 0 aromatic heterocycles. The van der Waals surface area contributed by atoms with Gasteiger partial charge < -0.3 is 5.73 Å². The van der Waals surface area contributed by atoms with Crippen molar-refractivity contribution in [1.29, 1.82) is 0 Å². The van der Waals surface area contributed by atoms with Crippen molar-refractivity contribution in [3.63, 3.8) is 0 Å². The van der Waals surface area contributed by atoms with Crippen LogP contribution < -0.4 is 5.73 Å². The molecule has 2 N–H and O–H groups in total. The highest BCUT2D eigenvalue weighted by molar-refractivity contribution is 5.96. The average molecular weight is 165 g/mol. The molecule has 64 valence electrons. The van der Waals surface area contributed by atoms with Crippen molar-refractivity contribution in [2.24, 2.45) is 21.9 Å². The van der Waals surface area contributed by atoms with Gasteiger partial charge in [0.05, 0.1) is 5.70 Å². The van der Waals surface area contributed by atoms with Crippen LogP contribution >= 0.6 is 0 Å². The van der Waals surface area contributed by atoms with Crippen LogP contribution in [0.25, 0.3) is 0 Å². The van der Waals surface area contributed by atoms with Gasteiger partial charge in [-0.2, -0.15) is 5.11 Å². The van der Waals surface area contributed by atoms with Gasteiger partial charge in [0, 0.05) is 11.5 Å². The third-order valence-electron chi connectivity index (χ3n) is 2.17. The van der Waals surface area contributed by atoms with Crippen LogP contribution in [0.15, 0.2) is 21.5 Å². The quantitative estimate of drug-likeness (QED) is 0.677. The minimum absolute atomic E-state index is 0.178. The first-order valence-corrected chi connectivity index (χ1v) is 4.22. The van der Waals surface area contributed by atoms with Gasteiger partial charge in [-0.25, -0.2) is 0 Å². The lowest BCUT2D eigenvalue weighted by atomic mass is 10.1. The van der Waals surface area contributed by atoms with Gasteiger partial charge in [-0.1, -0.05) is 0 Å². The number of carbonyl (C=O) groups is 1. The zero-order chi connectivity index (χ0) is 8.55. The lowest BCUT2D eigenvalue weighted by Gasteiger charge is -1.97. The molecular weight excluding hydrogens is 154 g/mol. The number of nitrogens with two attached hydrogens (primary N) is 1. The molecule has 1 saturated carbocycles. The maximum absolute atomic E-state index is 11.1. The van der Waals surface area contributed by atoms with Crippen LogP contribution in [0.1, 0.15) is 19.3 Å². The maximum Gasteiger partial charge on any atom is 0.293 e. The molecule has 1 fully saturated rings. The number of allylic oxidation sites excluding steroid dienone is 1. The van der Waals surface area contributed by atoms with Gasteiger partial charge in [0.2, 0.25) is 0 Å². The molecule has 0 bridgehead atoms. The van der Waals surface area contributed by atoms with E-state index in [0.717, 1.165) is 24.1 Å². The zero-order valence-electron chi connectivity index (χ0n) is 6.79. The summed E-state index contributed by atoms with van der Waals surface area (Å²) in [7, 11) is 0. The van der Waals surface area contributed by atoms with Gasteiger partial charge in [0.15, 0.2) is 0 Å². The van der Waals surface area contributed by atoms with Crippen LogP contribution in [0.2, 0.25) is 0 Å². The summed E-state index contributed by atoms with van der Waals surface area (Å²) in [6, 6.07) is 0. The Morgan fingerprint density at radius 3 is 2.75 bits per heavy atom. The third-order valence-corrected chi connectivity index (χ3v) is 2.17. The van der Waals surface area contributed by atoms with Crippen LogP contribution in [0.5, 0.6) is 0 Å². The molecule has 1 aliphatic carbocycles. The number of azo groups is 1. The molecule has 1 amide bonds. The summed E-state index contributed by atoms with van der Waals surface area (Å²) in [6.07, 6.45) is 2.92. The molecule has 2 aliphatic rings. The lowest BCUT2D eigenvalue weighted by Crippen LogP contribution is -2.06. The maximum atomic E-state index is 11.1. The summed E-state index contributed by atoms with van der Waals surface area (Å²) in [5, 5.41) is 7.41. The minimum Gasteiger partial charge on any atom is -0.330 e. The van der Waals surface area contributed by atoms with E-state index in [0.29, 0.717) is 18.9 Å². The molecule has 0 aromatic carbocycles. The van der Waals surface area contributed by atoms with E-state index in [1.54, 1.807) is 0 Å². The predicted molar refractivity (Wildman–Crippen MR) is 43.3 cm³/mol. The lowest BCUT2D eigenvalue weighted by molar-refractivity contribution is -0.114. The molecule has 2 rings (SSSR count). The van der Waals surface area contributed by atoms with Crippen molar-refractivity contribution in [1.82, 2.24) is 0 Å². The summed E-state index contributed by atoms with van der Waals surface area (Å²) >= 11 is 0. The smallest absolute Gasteiger partial charge is 0.293 e. The van der Waals surface area contributed by atoms with Gasteiger partial charge >= 0.3 is 0 Å². The summed E-state index contributed by atoms with van der Waals surface area (Å²) < 4.78 is 0. The van der Waals surface area contributed by atoms with Crippen LogP contribution in [0, 0.1) is 5.92 Å². The van der Waals surface area contributed by atoms with Gasteiger partial charge in [-0.05, 0) is 25.8 Å². The Morgan fingerprint density at radius 1 is 1.42 bits per heavy atom. The third kappa shape index (κ3) is 1.18. The molecule has 1 aliphatic heterocycles. The average Bonchev–Trinajstić information content (AvgIpc) is 2.82. The van der Waals surface area contributed by atoms with E-state index >= 15 is 0 Å². The van der Waals surface area contributed by atoms with Gasteiger partial charge in [-0.3, -0.25) is 4.79 Å². The summed E-state index contributed by atoms with van der Waals surface area (Å²) in [5.41, 5.74) is 7.04. The van der Waals surface area contributed by atoms with E-state index in [9.17, 15) is 4.79 Å². The normalized spacial score (nSPS) is 22.6. The highest BCUT2D eigenvalue weighted by Crippen LogP contribution is 2.41.